The van der Waals surface area contributed by atoms with Crippen LogP contribution in [0, 0.1) is 13.8 Å². The number of nitrogens with zero attached hydrogens (tertiary/aromatic N) is 3. The Bertz CT molecular complexity index is 636. The second kappa shape index (κ2) is 6.89. The van der Waals surface area contributed by atoms with Gasteiger partial charge in [0.2, 0.25) is 0 Å². The highest BCUT2D eigenvalue weighted by atomic mass is 32.1. The summed E-state index contributed by atoms with van der Waals surface area (Å²) in [6.45, 7) is 8.75. The number of aromatic nitrogens is 1. The molecule has 0 unspecified atom stereocenters. The summed E-state index contributed by atoms with van der Waals surface area (Å²) in [4.78, 5) is 22.7. The van der Waals surface area contributed by atoms with Gasteiger partial charge in [-0.25, -0.2) is 4.98 Å². The monoisotopic (exact) mass is 335 g/mol. The molecule has 2 aromatic heterocycles. The lowest BCUT2D eigenvalue weighted by Gasteiger charge is -2.21. The van der Waals surface area contributed by atoms with E-state index in [4.69, 9.17) is 0 Å². The molecular weight excluding hydrogens is 314 g/mol. The lowest BCUT2D eigenvalue weighted by molar-refractivity contribution is 0.0761. The van der Waals surface area contributed by atoms with Crippen molar-refractivity contribution >= 4 is 28.6 Å². The zero-order chi connectivity index (χ0) is 15.5. The first-order valence-electron chi connectivity index (χ1n) is 7.60. The maximum Gasteiger partial charge on any atom is 0.254 e. The minimum atomic E-state index is 0.174. The molecule has 0 aliphatic carbocycles. The Balaban J connectivity index is 1.60. The van der Waals surface area contributed by atoms with Crippen LogP contribution in [0.15, 0.2) is 16.8 Å². The van der Waals surface area contributed by atoms with Crippen LogP contribution in [0.2, 0.25) is 0 Å². The van der Waals surface area contributed by atoms with E-state index in [-0.39, 0.29) is 5.91 Å². The molecule has 1 amide bonds. The van der Waals surface area contributed by atoms with Crippen LogP contribution in [-0.4, -0.2) is 46.9 Å². The van der Waals surface area contributed by atoms with Crippen LogP contribution in [0.3, 0.4) is 0 Å². The van der Waals surface area contributed by atoms with Gasteiger partial charge in [-0.15, -0.1) is 11.3 Å². The summed E-state index contributed by atoms with van der Waals surface area (Å²) in [6, 6.07) is 1.92. The summed E-state index contributed by atoms with van der Waals surface area (Å²) in [5, 5.41) is 5.04. The summed E-state index contributed by atoms with van der Waals surface area (Å²) >= 11 is 3.37. The van der Waals surface area contributed by atoms with Crippen molar-refractivity contribution in [2.75, 3.05) is 26.2 Å². The molecule has 3 rings (SSSR count). The van der Waals surface area contributed by atoms with E-state index in [1.54, 1.807) is 22.7 Å². The fourth-order valence-corrected chi connectivity index (χ4v) is 4.43. The molecule has 1 aliphatic heterocycles. The van der Waals surface area contributed by atoms with Gasteiger partial charge >= 0.3 is 0 Å². The molecule has 0 bridgehead atoms. The van der Waals surface area contributed by atoms with Gasteiger partial charge in [0.25, 0.3) is 5.91 Å². The van der Waals surface area contributed by atoms with Crippen LogP contribution < -0.4 is 0 Å². The molecule has 1 aliphatic rings. The number of aryl methyl sites for hydroxylation is 2. The van der Waals surface area contributed by atoms with Gasteiger partial charge in [-0.05, 0) is 31.7 Å². The first kappa shape index (κ1) is 15.6. The zero-order valence-corrected chi connectivity index (χ0v) is 14.7. The molecule has 1 fully saturated rings. The fourth-order valence-electron chi connectivity index (χ4n) is 2.82. The average Bonchev–Trinajstić information content (AvgIpc) is 3.05. The fraction of sp³-hybridized carbons (Fsp3) is 0.500. The van der Waals surface area contributed by atoms with Gasteiger partial charge in [0.1, 0.15) is 0 Å². The lowest BCUT2D eigenvalue weighted by atomic mass is 10.3. The summed E-state index contributed by atoms with van der Waals surface area (Å²) in [6.07, 6.45) is 1.03. The summed E-state index contributed by atoms with van der Waals surface area (Å²) in [5.74, 6) is 0.174. The van der Waals surface area contributed by atoms with Crippen molar-refractivity contribution in [2.24, 2.45) is 0 Å². The van der Waals surface area contributed by atoms with E-state index in [0.717, 1.165) is 55.4 Å². The number of carbonyl (C=O) groups is 1. The lowest BCUT2D eigenvalue weighted by Crippen LogP contribution is -2.34. The van der Waals surface area contributed by atoms with E-state index in [1.165, 1.54) is 4.88 Å². The largest absolute Gasteiger partial charge is 0.337 e. The van der Waals surface area contributed by atoms with E-state index < -0.39 is 0 Å². The van der Waals surface area contributed by atoms with Crippen molar-refractivity contribution in [1.29, 1.82) is 0 Å². The topological polar surface area (TPSA) is 36.4 Å². The van der Waals surface area contributed by atoms with Crippen molar-refractivity contribution in [3.63, 3.8) is 0 Å². The van der Waals surface area contributed by atoms with Crippen molar-refractivity contribution in [2.45, 2.75) is 26.8 Å². The number of thiazole rings is 1. The molecule has 118 valence electrons. The van der Waals surface area contributed by atoms with Gasteiger partial charge in [-0.1, -0.05) is 0 Å². The van der Waals surface area contributed by atoms with Gasteiger partial charge in [0.15, 0.2) is 0 Å². The molecule has 4 nitrogen and oxygen atoms in total. The van der Waals surface area contributed by atoms with Gasteiger partial charge in [0.05, 0.1) is 16.3 Å². The molecule has 6 heteroatoms. The molecule has 0 aromatic carbocycles. The highest BCUT2D eigenvalue weighted by Crippen LogP contribution is 2.20. The smallest absolute Gasteiger partial charge is 0.254 e. The number of amides is 1. The first-order chi connectivity index (χ1) is 10.6. The predicted molar refractivity (Wildman–Crippen MR) is 91.7 cm³/mol. The second-order valence-corrected chi connectivity index (χ2v) is 7.74. The summed E-state index contributed by atoms with van der Waals surface area (Å²) in [5.41, 5.74) is 1.98. The van der Waals surface area contributed by atoms with Crippen LogP contribution in [-0.2, 0) is 6.54 Å². The van der Waals surface area contributed by atoms with E-state index in [0.29, 0.717) is 0 Å². The molecule has 22 heavy (non-hydrogen) atoms. The number of carbonyl (C=O) groups excluding carboxylic acids is 1. The van der Waals surface area contributed by atoms with Crippen LogP contribution >= 0.6 is 22.7 Å². The third kappa shape index (κ3) is 3.56. The maximum absolute atomic E-state index is 12.4. The van der Waals surface area contributed by atoms with E-state index in [1.807, 2.05) is 21.7 Å². The van der Waals surface area contributed by atoms with Gasteiger partial charge < -0.3 is 4.90 Å². The van der Waals surface area contributed by atoms with Crippen molar-refractivity contribution in [3.8, 4) is 0 Å². The Morgan fingerprint density at radius 2 is 2.14 bits per heavy atom. The minimum absolute atomic E-state index is 0.174. The van der Waals surface area contributed by atoms with Gasteiger partial charge in [0, 0.05) is 43.0 Å². The van der Waals surface area contributed by atoms with Crippen LogP contribution in [0.5, 0.6) is 0 Å². The Kier molecular flexibility index (Phi) is 4.90. The Morgan fingerprint density at radius 3 is 2.82 bits per heavy atom. The van der Waals surface area contributed by atoms with Crippen LogP contribution in [0.1, 0.15) is 32.4 Å². The Morgan fingerprint density at radius 1 is 1.27 bits per heavy atom. The minimum Gasteiger partial charge on any atom is -0.337 e. The Hall–Kier alpha value is -1.24. The normalized spacial score (nSPS) is 16.7. The molecule has 0 spiro atoms. The standard InChI is InChI=1S/C16H21N3OS2/c1-12-15(22-13(2)17-12)10-18-5-3-6-19(8-7-18)16(20)14-4-9-21-11-14/h4,9,11H,3,5-8,10H2,1-2H3. The molecule has 3 heterocycles. The zero-order valence-electron chi connectivity index (χ0n) is 13.0. The molecule has 0 radical (unpaired) electrons. The molecule has 1 saturated heterocycles. The molecule has 0 N–H and O–H groups in total. The number of rotatable bonds is 3. The third-order valence-corrected chi connectivity index (χ3v) is 5.75. The van der Waals surface area contributed by atoms with E-state index in [2.05, 4.69) is 23.7 Å². The van der Waals surface area contributed by atoms with Crippen LogP contribution in [0.25, 0.3) is 0 Å². The summed E-state index contributed by atoms with van der Waals surface area (Å²) < 4.78 is 0. The molecule has 2 aromatic rings. The molecule has 0 saturated carbocycles. The maximum atomic E-state index is 12.4. The number of hydrogen-bond acceptors (Lipinski definition) is 5. The van der Waals surface area contributed by atoms with E-state index >= 15 is 0 Å². The molecular formula is C16H21N3OS2. The van der Waals surface area contributed by atoms with Gasteiger partial charge in [-0.2, -0.15) is 11.3 Å². The predicted octanol–water partition coefficient (Wildman–Crippen LogP) is 3.17. The van der Waals surface area contributed by atoms with Crippen molar-refractivity contribution < 1.29 is 4.79 Å². The third-order valence-electron chi connectivity index (χ3n) is 4.01. The first-order valence-corrected chi connectivity index (χ1v) is 9.36. The van der Waals surface area contributed by atoms with Crippen LogP contribution in [0.4, 0.5) is 0 Å². The van der Waals surface area contributed by atoms with E-state index in [9.17, 15) is 4.79 Å². The highest BCUT2D eigenvalue weighted by Gasteiger charge is 2.21. The SMILES string of the molecule is Cc1nc(C)c(CN2CCCN(C(=O)c3ccsc3)CC2)s1. The van der Waals surface area contributed by atoms with Gasteiger partial charge in [-0.3, -0.25) is 9.69 Å². The quantitative estimate of drug-likeness (QED) is 0.864. The number of thiophene rings is 1. The number of hydrogen-bond donors (Lipinski definition) is 0. The highest BCUT2D eigenvalue weighted by molar-refractivity contribution is 7.11. The average molecular weight is 335 g/mol. The summed E-state index contributed by atoms with van der Waals surface area (Å²) in [7, 11) is 0. The second-order valence-electron chi connectivity index (χ2n) is 5.68. The van der Waals surface area contributed by atoms with Crippen molar-refractivity contribution in [1.82, 2.24) is 14.8 Å². The van der Waals surface area contributed by atoms with Crippen molar-refractivity contribution in [3.05, 3.63) is 38.0 Å². The molecule has 0 atom stereocenters. The Labute approximate surface area is 139 Å².